The molecule has 2 amide bonds. The Morgan fingerprint density at radius 2 is 1.45 bits per heavy atom. The molecule has 0 atom stereocenters. The summed E-state index contributed by atoms with van der Waals surface area (Å²) in [5, 5.41) is 20.8. The number of phenolic OH excluding ortho intramolecular Hbond substituents is 2. The van der Waals surface area contributed by atoms with E-state index in [1.54, 1.807) is 15.9 Å². The molecule has 4 aliphatic heterocycles. The van der Waals surface area contributed by atoms with Crippen LogP contribution >= 0.6 is 0 Å². The lowest BCUT2D eigenvalue weighted by Crippen LogP contribution is -2.45. The molecule has 0 bridgehead atoms. The number of amides is 2. The van der Waals surface area contributed by atoms with E-state index < -0.39 is 11.7 Å². The summed E-state index contributed by atoms with van der Waals surface area (Å²) in [5.74, 6) is -0.522. The van der Waals surface area contributed by atoms with Crippen molar-refractivity contribution in [3.8, 4) is 22.9 Å². The number of halogens is 3. The molecule has 65 heavy (non-hydrogen) atoms. The first kappa shape index (κ1) is 43.9. The molecular weight excluding hydrogens is 840 g/mol. The number of piperazine rings is 1. The third-order valence-corrected chi connectivity index (χ3v) is 12.9. The summed E-state index contributed by atoms with van der Waals surface area (Å²) >= 11 is 0. The average Bonchev–Trinajstić information content (AvgIpc) is 3.72. The monoisotopic (exact) mass is 891 g/mol. The van der Waals surface area contributed by atoms with Crippen LogP contribution in [-0.2, 0) is 50.1 Å². The number of aromatic nitrogens is 3. The molecule has 2 fully saturated rings. The van der Waals surface area contributed by atoms with Crippen molar-refractivity contribution in [2.45, 2.75) is 65.1 Å². The topological polar surface area (TPSA) is 165 Å². The highest BCUT2D eigenvalue weighted by molar-refractivity contribution is 5.97. The van der Waals surface area contributed by atoms with Gasteiger partial charge < -0.3 is 35.4 Å². The molecule has 0 saturated carbocycles. The number of nitrogens with zero attached hydrogens (tertiary/aromatic N) is 8. The lowest BCUT2D eigenvalue weighted by Gasteiger charge is -2.35. The number of pyridine rings is 1. The molecule has 0 aliphatic carbocycles. The van der Waals surface area contributed by atoms with Gasteiger partial charge in [-0.05, 0) is 64.4 Å². The summed E-state index contributed by atoms with van der Waals surface area (Å²) in [7, 11) is 0. The Bertz CT molecular complexity index is 2610. The fourth-order valence-electron chi connectivity index (χ4n) is 9.27. The van der Waals surface area contributed by atoms with Crippen LogP contribution in [0.15, 0.2) is 66.9 Å². The minimum atomic E-state index is -4.71. The zero-order valence-corrected chi connectivity index (χ0v) is 36.4. The second kappa shape index (κ2) is 17.9. The standard InChI is InChI=1S/C48H52F3N9O5/c1-29(2)36-20-37(42(62)22-41(36)61)47(64)60-26-33-8-5-31(19-34(33)27-60)25-57-13-11-56(12-14-57)24-30-3-6-32(7-4-30)46(63)59-10-9-35-40(28-59)54-44(55-45(35)58-15-17-65-18-16-58)38-23-53-43(52)21-39(38)48(49,50)51/h3-8,19-23,29,61-62H,9-18,24-28H2,1-2H3,(H2,52,53). The molecule has 4 aliphatic rings. The number of rotatable bonds is 9. The molecule has 3 aromatic carbocycles. The molecule has 0 spiro atoms. The van der Waals surface area contributed by atoms with Gasteiger partial charge in [0.1, 0.15) is 23.1 Å². The van der Waals surface area contributed by atoms with E-state index in [9.17, 15) is 33.0 Å². The van der Waals surface area contributed by atoms with E-state index in [4.69, 9.17) is 10.5 Å². The Kier molecular flexibility index (Phi) is 12.1. The zero-order valence-electron chi connectivity index (χ0n) is 36.4. The number of fused-ring (bicyclic) bond motifs is 2. The molecular formula is C48H52F3N9O5. The summed E-state index contributed by atoms with van der Waals surface area (Å²) in [6, 6.07) is 17.7. The lowest BCUT2D eigenvalue weighted by molar-refractivity contribution is -0.137. The van der Waals surface area contributed by atoms with Crippen LogP contribution in [-0.4, -0.2) is 116 Å². The van der Waals surface area contributed by atoms with Crippen molar-refractivity contribution in [1.82, 2.24) is 34.6 Å². The molecule has 340 valence electrons. The Labute approximate surface area is 375 Å². The van der Waals surface area contributed by atoms with Gasteiger partial charge in [0.25, 0.3) is 11.8 Å². The number of anilines is 2. The van der Waals surface area contributed by atoms with Crippen molar-refractivity contribution in [1.29, 1.82) is 0 Å². The fourth-order valence-corrected chi connectivity index (χ4v) is 9.27. The highest BCUT2D eigenvalue weighted by atomic mass is 19.4. The maximum Gasteiger partial charge on any atom is 0.417 e. The molecule has 9 rings (SSSR count). The van der Waals surface area contributed by atoms with Crippen LogP contribution in [0.4, 0.5) is 24.8 Å². The Hall–Kier alpha value is -6.30. The smallest absolute Gasteiger partial charge is 0.417 e. The van der Waals surface area contributed by atoms with E-state index in [-0.39, 0.29) is 58.5 Å². The Balaban J connectivity index is 0.803. The molecule has 2 saturated heterocycles. The van der Waals surface area contributed by atoms with E-state index in [0.29, 0.717) is 75.0 Å². The molecule has 0 unspecified atom stereocenters. The first-order valence-electron chi connectivity index (χ1n) is 22.0. The van der Waals surface area contributed by atoms with E-state index >= 15 is 0 Å². The second-order valence-corrected chi connectivity index (χ2v) is 17.6. The van der Waals surface area contributed by atoms with Crippen LogP contribution in [0.5, 0.6) is 11.5 Å². The van der Waals surface area contributed by atoms with Gasteiger partial charge in [0.2, 0.25) is 0 Å². The molecule has 5 aromatic rings. The van der Waals surface area contributed by atoms with Gasteiger partial charge in [0, 0.05) is 101 Å². The van der Waals surface area contributed by atoms with Gasteiger partial charge in [-0.2, -0.15) is 13.2 Å². The number of morpholine rings is 1. The Morgan fingerprint density at radius 1 is 0.769 bits per heavy atom. The van der Waals surface area contributed by atoms with Gasteiger partial charge in [-0.3, -0.25) is 19.4 Å². The number of carbonyl (C=O) groups is 2. The van der Waals surface area contributed by atoms with Gasteiger partial charge in [0.15, 0.2) is 5.82 Å². The third-order valence-electron chi connectivity index (χ3n) is 12.9. The number of alkyl halides is 3. The van der Waals surface area contributed by atoms with Crippen molar-refractivity contribution in [3.63, 3.8) is 0 Å². The normalized spacial score (nSPS) is 17.1. The first-order valence-corrected chi connectivity index (χ1v) is 22.0. The van der Waals surface area contributed by atoms with Crippen molar-refractivity contribution in [3.05, 3.63) is 123 Å². The number of carbonyl (C=O) groups excluding carboxylic acids is 2. The van der Waals surface area contributed by atoms with Gasteiger partial charge >= 0.3 is 6.18 Å². The predicted molar refractivity (Wildman–Crippen MR) is 237 cm³/mol. The zero-order chi connectivity index (χ0) is 45.6. The van der Waals surface area contributed by atoms with E-state index in [0.717, 1.165) is 73.8 Å². The minimum Gasteiger partial charge on any atom is -0.508 e. The second-order valence-electron chi connectivity index (χ2n) is 17.6. The molecule has 14 nitrogen and oxygen atoms in total. The van der Waals surface area contributed by atoms with Gasteiger partial charge in [-0.25, -0.2) is 15.0 Å². The number of hydrogen-bond acceptors (Lipinski definition) is 12. The highest BCUT2D eigenvalue weighted by Gasteiger charge is 2.37. The summed E-state index contributed by atoms with van der Waals surface area (Å²) in [4.78, 5) is 50.9. The summed E-state index contributed by atoms with van der Waals surface area (Å²) in [6.45, 7) is 12.3. The largest absolute Gasteiger partial charge is 0.508 e. The quantitative estimate of drug-likeness (QED) is 0.154. The Morgan fingerprint density at radius 3 is 2.14 bits per heavy atom. The number of benzene rings is 3. The third kappa shape index (κ3) is 9.31. The number of ether oxygens (including phenoxy) is 1. The van der Waals surface area contributed by atoms with Gasteiger partial charge in [-0.15, -0.1) is 0 Å². The molecule has 2 aromatic heterocycles. The van der Waals surface area contributed by atoms with Crippen LogP contribution in [0.1, 0.15) is 85.1 Å². The van der Waals surface area contributed by atoms with Crippen LogP contribution in [0.25, 0.3) is 11.4 Å². The van der Waals surface area contributed by atoms with Crippen molar-refractivity contribution in [2.75, 3.05) is 69.7 Å². The van der Waals surface area contributed by atoms with E-state index in [2.05, 4.69) is 43.0 Å². The number of nitrogen functional groups attached to an aromatic ring is 1. The van der Waals surface area contributed by atoms with Crippen LogP contribution in [0.2, 0.25) is 0 Å². The predicted octanol–water partition coefficient (Wildman–Crippen LogP) is 6.18. The van der Waals surface area contributed by atoms with E-state index in [1.807, 2.05) is 43.0 Å². The van der Waals surface area contributed by atoms with E-state index in [1.165, 1.54) is 11.6 Å². The average molecular weight is 892 g/mol. The van der Waals surface area contributed by atoms with Crippen molar-refractivity contribution < 1.29 is 37.7 Å². The van der Waals surface area contributed by atoms with Gasteiger partial charge in [0.05, 0.1) is 36.6 Å². The molecule has 4 N–H and O–H groups in total. The summed E-state index contributed by atoms with van der Waals surface area (Å²) < 4.78 is 48.1. The number of nitrogens with two attached hydrogens (primary N) is 1. The number of aromatic hydroxyl groups is 2. The highest BCUT2D eigenvalue weighted by Crippen LogP contribution is 2.39. The van der Waals surface area contributed by atoms with Crippen molar-refractivity contribution >= 4 is 23.5 Å². The maximum absolute atomic E-state index is 14.2. The number of hydrogen-bond donors (Lipinski definition) is 3. The first-order chi connectivity index (χ1) is 31.2. The molecule has 17 heteroatoms. The van der Waals surface area contributed by atoms with Crippen molar-refractivity contribution in [2.24, 2.45) is 0 Å². The lowest BCUT2D eigenvalue weighted by atomic mass is 9.98. The summed E-state index contributed by atoms with van der Waals surface area (Å²) in [5.41, 5.74) is 11.5. The summed E-state index contributed by atoms with van der Waals surface area (Å²) in [6.07, 6.45) is -3.21. The minimum absolute atomic E-state index is 0.00333. The van der Waals surface area contributed by atoms with Gasteiger partial charge in [-0.1, -0.05) is 44.2 Å². The number of phenols is 2. The van der Waals surface area contributed by atoms with Crippen LogP contribution < -0.4 is 10.6 Å². The van der Waals surface area contributed by atoms with Crippen LogP contribution in [0, 0.1) is 0 Å². The van der Waals surface area contributed by atoms with Crippen LogP contribution in [0.3, 0.4) is 0 Å². The molecule has 0 radical (unpaired) electrons. The SMILES string of the molecule is CC(C)c1cc(C(=O)N2Cc3ccc(CN4CCN(Cc5ccc(C(=O)N6CCc7c(nc(-c8cnc(N)cc8C(F)(F)F)nc7N7CCOCC7)C6)cc5)CC4)cc3C2)c(O)cc1O. The maximum atomic E-state index is 14.2. The molecule has 6 heterocycles. The fraction of sp³-hybridized carbons (Fsp3) is 0.396.